The van der Waals surface area contributed by atoms with Gasteiger partial charge in [0.15, 0.2) is 0 Å². The highest BCUT2D eigenvalue weighted by atomic mass is 14.8. The summed E-state index contributed by atoms with van der Waals surface area (Å²) in [6.07, 6.45) is 1.18. The van der Waals surface area contributed by atoms with Gasteiger partial charge < -0.3 is 5.32 Å². The normalized spacial score (nSPS) is 10.8. The highest BCUT2D eigenvalue weighted by Gasteiger charge is 2.06. The second-order valence-electron chi connectivity index (χ2n) is 5.64. The van der Waals surface area contributed by atoms with Gasteiger partial charge in [0.1, 0.15) is 0 Å². The average molecular weight is 267 g/mol. The van der Waals surface area contributed by atoms with Gasteiger partial charge in [0.2, 0.25) is 0 Å². The highest BCUT2D eigenvalue weighted by Crippen LogP contribution is 2.28. The van der Waals surface area contributed by atoms with Crippen molar-refractivity contribution in [2.75, 3.05) is 6.54 Å². The Balaban J connectivity index is 2.32. The summed E-state index contributed by atoms with van der Waals surface area (Å²) in [5.41, 5.74) is 8.09. The van der Waals surface area contributed by atoms with Crippen LogP contribution in [0.4, 0.5) is 0 Å². The molecule has 0 aliphatic carbocycles. The fraction of sp³-hybridized carbons (Fsp3) is 0.368. The molecule has 0 aliphatic rings. The molecule has 0 unspecified atom stereocenters. The minimum absolute atomic E-state index is 0.950. The molecule has 0 amide bonds. The van der Waals surface area contributed by atoms with E-state index in [0.29, 0.717) is 0 Å². The second kappa shape index (κ2) is 6.71. The largest absolute Gasteiger partial charge is 0.313 e. The molecule has 0 saturated carbocycles. The topological polar surface area (TPSA) is 12.0 Å². The molecule has 0 aromatic heterocycles. The molecule has 0 atom stereocenters. The van der Waals surface area contributed by atoms with Crippen LogP contribution in [0.15, 0.2) is 36.4 Å². The van der Waals surface area contributed by atoms with E-state index < -0.39 is 0 Å². The molecule has 2 rings (SSSR count). The first-order chi connectivity index (χ1) is 9.61. The molecule has 0 fully saturated rings. The number of nitrogens with one attached hydrogen (secondary N) is 1. The van der Waals surface area contributed by atoms with E-state index in [4.69, 9.17) is 0 Å². The monoisotopic (exact) mass is 267 g/mol. The Hall–Kier alpha value is -1.60. The Kier molecular flexibility index (Phi) is 4.97. The van der Waals surface area contributed by atoms with Crippen molar-refractivity contribution in [1.82, 2.24) is 5.32 Å². The fourth-order valence-corrected chi connectivity index (χ4v) is 2.59. The number of hydrogen-bond donors (Lipinski definition) is 1. The summed E-state index contributed by atoms with van der Waals surface area (Å²) < 4.78 is 0. The van der Waals surface area contributed by atoms with Gasteiger partial charge in [-0.25, -0.2) is 0 Å². The summed E-state index contributed by atoms with van der Waals surface area (Å²) >= 11 is 0. The molecular weight excluding hydrogens is 242 g/mol. The quantitative estimate of drug-likeness (QED) is 0.769. The molecule has 0 heterocycles. The minimum atomic E-state index is 0.950. The van der Waals surface area contributed by atoms with Crippen LogP contribution in [0.1, 0.15) is 35.6 Å². The van der Waals surface area contributed by atoms with Crippen molar-refractivity contribution in [3.63, 3.8) is 0 Å². The number of rotatable bonds is 5. The standard InChI is InChI=1S/C19H25N/c1-5-10-20-13-17-8-7-15(3)19(12-17)18-9-6-14(2)11-16(18)4/h6-9,11-12,20H,5,10,13H2,1-4H3. The van der Waals surface area contributed by atoms with Crippen LogP contribution in [-0.4, -0.2) is 6.54 Å². The van der Waals surface area contributed by atoms with E-state index in [-0.39, 0.29) is 0 Å². The Bertz CT molecular complexity index is 584. The fourth-order valence-electron chi connectivity index (χ4n) is 2.59. The lowest BCUT2D eigenvalue weighted by Gasteiger charge is -2.13. The van der Waals surface area contributed by atoms with E-state index in [2.05, 4.69) is 69.4 Å². The van der Waals surface area contributed by atoms with Crippen LogP contribution < -0.4 is 5.32 Å². The van der Waals surface area contributed by atoms with E-state index in [1.54, 1.807) is 0 Å². The molecule has 0 radical (unpaired) electrons. The molecule has 1 N–H and O–H groups in total. The predicted octanol–water partition coefficient (Wildman–Crippen LogP) is 4.78. The Morgan fingerprint density at radius 3 is 2.35 bits per heavy atom. The van der Waals surface area contributed by atoms with Crippen molar-refractivity contribution in [3.8, 4) is 11.1 Å². The van der Waals surface area contributed by atoms with Gasteiger partial charge in [-0.2, -0.15) is 0 Å². The van der Waals surface area contributed by atoms with Crippen molar-refractivity contribution in [2.24, 2.45) is 0 Å². The first kappa shape index (κ1) is 14.8. The second-order valence-corrected chi connectivity index (χ2v) is 5.64. The molecule has 0 bridgehead atoms. The molecule has 0 aliphatic heterocycles. The zero-order chi connectivity index (χ0) is 14.5. The first-order valence-electron chi connectivity index (χ1n) is 7.49. The highest BCUT2D eigenvalue weighted by molar-refractivity contribution is 5.71. The molecule has 1 nitrogen and oxygen atoms in total. The van der Waals surface area contributed by atoms with Gasteiger partial charge in [0.25, 0.3) is 0 Å². The smallest absolute Gasteiger partial charge is 0.0205 e. The van der Waals surface area contributed by atoms with Gasteiger partial charge in [0, 0.05) is 6.54 Å². The molecule has 0 saturated heterocycles. The third-order valence-electron chi connectivity index (χ3n) is 3.73. The first-order valence-corrected chi connectivity index (χ1v) is 7.49. The van der Waals surface area contributed by atoms with Crippen LogP contribution in [0.3, 0.4) is 0 Å². The van der Waals surface area contributed by atoms with E-state index in [1.165, 1.54) is 39.8 Å². The molecule has 2 aromatic rings. The van der Waals surface area contributed by atoms with Gasteiger partial charge >= 0.3 is 0 Å². The third-order valence-corrected chi connectivity index (χ3v) is 3.73. The van der Waals surface area contributed by atoms with Gasteiger partial charge in [-0.05, 0) is 67.6 Å². The predicted molar refractivity (Wildman–Crippen MR) is 88.1 cm³/mol. The molecular formula is C19H25N. The summed E-state index contributed by atoms with van der Waals surface area (Å²) in [5, 5.41) is 3.47. The molecule has 1 heteroatoms. The summed E-state index contributed by atoms with van der Waals surface area (Å²) in [5.74, 6) is 0. The summed E-state index contributed by atoms with van der Waals surface area (Å²) in [7, 11) is 0. The lowest BCUT2D eigenvalue weighted by Crippen LogP contribution is -2.13. The van der Waals surface area contributed by atoms with Crippen molar-refractivity contribution in [3.05, 3.63) is 58.7 Å². The number of hydrogen-bond acceptors (Lipinski definition) is 1. The molecule has 106 valence electrons. The third kappa shape index (κ3) is 3.49. The zero-order valence-corrected chi connectivity index (χ0v) is 13.1. The van der Waals surface area contributed by atoms with E-state index in [1.807, 2.05) is 0 Å². The zero-order valence-electron chi connectivity index (χ0n) is 13.1. The van der Waals surface area contributed by atoms with E-state index in [9.17, 15) is 0 Å². The van der Waals surface area contributed by atoms with Crippen LogP contribution in [0.2, 0.25) is 0 Å². The summed E-state index contributed by atoms with van der Waals surface area (Å²) in [4.78, 5) is 0. The van der Waals surface area contributed by atoms with Gasteiger partial charge in [-0.1, -0.05) is 42.8 Å². The van der Waals surface area contributed by atoms with E-state index >= 15 is 0 Å². The van der Waals surface area contributed by atoms with E-state index in [0.717, 1.165) is 13.1 Å². The van der Waals surface area contributed by atoms with Crippen molar-refractivity contribution >= 4 is 0 Å². The summed E-state index contributed by atoms with van der Waals surface area (Å²) in [6, 6.07) is 13.5. The Morgan fingerprint density at radius 2 is 1.65 bits per heavy atom. The average Bonchev–Trinajstić information content (AvgIpc) is 2.41. The minimum Gasteiger partial charge on any atom is -0.313 e. The lowest BCUT2D eigenvalue weighted by molar-refractivity contribution is 0.675. The Morgan fingerprint density at radius 1 is 0.850 bits per heavy atom. The van der Waals surface area contributed by atoms with Crippen LogP contribution in [0.25, 0.3) is 11.1 Å². The molecule has 2 aromatic carbocycles. The van der Waals surface area contributed by atoms with Crippen molar-refractivity contribution < 1.29 is 0 Å². The van der Waals surface area contributed by atoms with Crippen LogP contribution in [-0.2, 0) is 6.54 Å². The Labute approximate surface area is 123 Å². The van der Waals surface area contributed by atoms with Crippen LogP contribution in [0, 0.1) is 20.8 Å². The maximum absolute atomic E-state index is 3.47. The summed E-state index contributed by atoms with van der Waals surface area (Å²) in [6.45, 7) is 10.8. The van der Waals surface area contributed by atoms with Crippen LogP contribution >= 0.6 is 0 Å². The maximum atomic E-state index is 3.47. The lowest BCUT2D eigenvalue weighted by atomic mass is 9.94. The van der Waals surface area contributed by atoms with Gasteiger partial charge in [-0.3, -0.25) is 0 Å². The maximum Gasteiger partial charge on any atom is 0.0205 e. The molecule has 20 heavy (non-hydrogen) atoms. The number of benzene rings is 2. The SMILES string of the molecule is CCCNCc1ccc(C)c(-c2ccc(C)cc2C)c1. The van der Waals surface area contributed by atoms with Crippen molar-refractivity contribution in [1.29, 1.82) is 0 Å². The van der Waals surface area contributed by atoms with Gasteiger partial charge in [0.05, 0.1) is 0 Å². The number of aryl methyl sites for hydroxylation is 3. The molecule has 0 spiro atoms. The van der Waals surface area contributed by atoms with Gasteiger partial charge in [-0.15, -0.1) is 0 Å². The van der Waals surface area contributed by atoms with Crippen molar-refractivity contribution in [2.45, 2.75) is 40.7 Å². The van der Waals surface area contributed by atoms with Crippen LogP contribution in [0.5, 0.6) is 0 Å².